The van der Waals surface area contributed by atoms with E-state index in [2.05, 4.69) is 0 Å². The number of fused-ring (bicyclic) bond motifs is 1. The molecular weight excluding hydrogens is 332 g/mol. The van der Waals surface area contributed by atoms with Crippen molar-refractivity contribution in [2.75, 3.05) is 14.2 Å². The number of ketones is 2. The molecule has 1 aliphatic carbocycles. The van der Waals surface area contributed by atoms with E-state index >= 15 is 0 Å². The van der Waals surface area contributed by atoms with Crippen LogP contribution in [0.2, 0.25) is 0 Å². The van der Waals surface area contributed by atoms with Gasteiger partial charge in [-0.15, -0.1) is 0 Å². The molecule has 0 saturated carbocycles. The Morgan fingerprint density at radius 1 is 0.792 bits per heavy atom. The molecule has 0 saturated heterocycles. The predicted octanol–water partition coefficient (Wildman–Crippen LogP) is 3.61. The number of hydrogen-bond donors (Lipinski definition) is 0. The van der Waals surface area contributed by atoms with E-state index in [0.717, 1.165) is 0 Å². The number of allylic oxidation sites excluding steroid dienone is 2. The van der Waals surface area contributed by atoms with E-state index in [-0.39, 0.29) is 27.7 Å². The zero-order chi connectivity index (χ0) is 17.3. The number of ether oxygens (including phenoxy) is 3. The van der Waals surface area contributed by atoms with Gasteiger partial charge in [0.2, 0.25) is 11.6 Å². The van der Waals surface area contributed by atoms with E-state index in [9.17, 15) is 9.59 Å². The second kappa shape index (κ2) is 6.37. The lowest BCUT2D eigenvalue weighted by atomic mass is 9.93. The quantitative estimate of drug-likeness (QED) is 0.847. The maximum Gasteiger partial charge on any atom is 0.230 e. The third-order valence-corrected chi connectivity index (χ3v) is 3.91. The first-order valence-electron chi connectivity index (χ1n) is 7.04. The van der Waals surface area contributed by atoms with E-state index in [0.29, 0.717) is 11.5 Å². The van der Waals surface area contributed by atoms with Gasteiger partial charge in [-0.2, -0.15) is 0 Å². The van der Waals surface area contributed by atoms with Crippen LogP contribution in [-0.2, 0) is 0 Å². The van der Waals surface area contributed by atoms with Crippen molar-refractivity contribution in [1.82, 2.24) is 0 Å². The predicted molar refractivity (Wildman–Crippen MR) is 88.2 cm³/mol. The SMILES string of the molecule is COc1cc(OC)cc(OC2=C(Cl)C(=O)c3ccccc3C2=O)c1. The van der Waals surface area contributed by atoms with E-state index in [1.165, 1.54) is 14.2 Å². The van der Waals surface area contributed by atoms with Gasteiger partial charge in [0.15, 0.2) is 5.76 Å². The molecule has 5 nitrogen and oxygen atoms in total. The van der Waals surface area contributed by atoms with Gasteiger partial charge in [0, 0.05) is 29.3 Å². The Bertz CT molecular complexity index is 847. The van der Waals surface area contributed by atoms with Crippen molar-refractivity contribution >= 4 is 23.2 Å². The second-order valence-corrected chi connectivity index (χ2v) is 5.38. The monoisotopic (exact) mass is 344 g/mol. The second-order valence-electron chi connectivity index (χ2n) is 5.00. The summed E-state index contributed by atoms with van der Waals surface area (Å²) >= 11 is 6.07. The van der Waals surface area contributed by atoms with Crippen LogP contribution in [0, 0.1) is 0 Å². The molecule has 122 valence electrons. The molecular formula is C18H13ClO5. The molecule has 0 radical (unpaired) electrons. The molecule has 0 bridgehead atoms. The highest BCUT2D eigenvalue weighted by atomic mass is 35.5. The van der Waals surface area contributed by atoms with Gasteiger partial charge in [-0.05, 0) is 0 Å². The fourth-order valence-corrected chi connectivity index (χ4v) is 2.60. The Morgan fingerprint density at radius 2 is 1.29 bits per heavy atom. The summed E-state index contributed by atoms with van der Waals surface area (Å²) in [5.41, 5.74) is 0.528. The molecule has 0 heterocycles. The molecule has 2 aromatic carbocycles. The highest BCUT2D eigenvalue weighted by Crippen LogP contribution is 2.33. The van der Waals surface area contributed by atoms with Crippen LogP contribution in [-0.4, -0.2) is 25.8 Å². The minimum atomic E-state index is -0.447. The summed E-state index contributed by atoms with van der Waals surface area (Å²) in [6, 6.07) is 11.3. The first kappa shape index (κ1) is 16.1. The number of carbonyl (C=O) groups excluding carboxylic acids is 2. The van der Waals surface area contributed by atoms with E-state index in [1.807, 2.05) is 0 Å². The molecule has 2 aromatic rings. The van der Waals surface area contributed by atoms with Crippen molar-refractivity contribution < 1.29 is 23.8 Å². The Hall–Kier alpha value is -2.79. The lowest BCUT2D eigenvalue weighted by Crippen LogP contribution is -2.23. The van der Waals surface area contributed by atoms with E-state index in [1.54, 1.807) is 42.5 Å². The summed E-state index contributed by atoms with van der Waals surface area (Å²) in [6.45, 7) is 0. The number of halogens is 1. The topological polar surface area (TPSA) is 61.8 Å². The minimum absolute atomic E-state index is 0.212. The maximum absolute atomic E-state index is 12.6. The summed E-state index contributed by atoms with van der Waals surface area (Å²) in [7, 11) is 2.99. The summed E-state index contributed by atoms with van der Waals surface area (Å²) in [6.07, 6.45) is 0. The van der Waals surface area contributed by atoms with Crippen molar-refractivity contribution in [1.29, 1.82) is 0 Å². The fraction of sp³-hybridized carbons (Fsp3) is 0.111. The Kier molecular flexibility index (Phi) is 4.27. The maximum atomic E-state index is 12.6. The average molecular weight is 345 g/mol. The largest absolute Gasteiger partial charge is 0.496 e. The molecule has 0 aromatic heterocycles. The Morgan fingerprint density at radius 3 is 1.83 bits per heavy atom. The zero-order valence-electron chi connectivity index (χ0n) is 13.0. The van der Waals surface area contributed by atoms with Gasteiger partial charge in [0.05, 0.1) is 14.2 Å². The molecule has 24 heavy (non-hydrogen) atoms. The van der Waals surface area contributed by atoms with Gasteiger partial charge in [-0.1, -0.05) is 35.9 Å². The molecule has 0 amide bonds. The number of hydrogen-bond acceptors (Lipinski definition) is 5. The number of methoxy groups -OCH3 is 2. The fourth-order valence-electron chi connectivity index (χ4n) is 2.37. The van der Waals surface area contributed by atoms with Crippen LogP contribution < -0.4 is 14.2 Å². The highest BCUT2D eigenvalue weighted by Gasteiger charge is 2.33. The minimum Gasteiger partial charge on any atom is -0.496 e. The molecule has 0 fully saturated rings. The normalized spacial score (nSPS) is 13.6. The van der Waals surface area contributed by atoms with Gasteiger partial charge in [0.25, 0.3) is 0 Å². The Labute approximate surface area is 143 Å². The highest BCUT2D eigenvalue weighted by molar-refractivity contribution is 6.49. The van der Waals surface area contributed by atoms with Gasteiger partial charge in [-0.25, -0.2) is 0 Å². The first-order valence-corrected chi connectivity index (χ1v) is 7.42. The average Bonchev–Trinajstić information content (AvgIpc) is 2.63. The van der Waals surface area contributed by atoms with Crippen molar-refractivity contribution in [3.05, 3.63) is 64.4 Å². The summed E-state index contributed by atoms with van der Waals surface area (Å²) in [5, 5.41) is -0.250. The van der Waals surface area contributed by atoms with Gasteiger partial charge >= 0.3 is 0 Å². The van der Waals surface area contributed by atoms with Crippen LogP contribution in [0.3, 0.4) is 0 Å². The summed E-state index contributed by atoms with van der Waals surface area (Å²) in [5.74, 6) is 0.136. The number of benzene rings is 2. The summed E-state index contributed by atoms with van der Waals surface area (Å²) < 4.78 is 15.9. The van der Waals surface area contributed by atoms with Crippen LogP contribution in [0.25, 0.3) is 0 Å². The zero-order valence-corrected chi connectivity index (χ0v) is 13.7. The summed E-state index contributed by atoms with van der Waals surface area (Å²) in [4.78, 5) is 24.9. The molecule has 0 atom stereocenters. The lowest BCUT2D eigenvalue weighted by Gasteiger charge is -2.18. The van der Waals surface area contributed by atoms with Crippen LogP contribution in [0.4, 0.5) is 0 Å². The van der Waals surface area contributed by atoms with Crippen LogP contribution in [0.5, 0.6) is 17.2 Å². The molecule has 6 heteroatoms. The standard InChI is InChI=1S/C18H13ClO5/c1-22-10-7-11(23-2)9-12(8-10)24-18-15(19)16(20)13-5-3-4-6-14(13)17(18)21/h3-9H,1-2H3. The number of carbonyl (C=O) groups is 2. The number of rotatable bonds is 4. The van der Waals surface area contributed by atoms with Crippen molar-refractivity contribution in [2.45, 2.75) is 0 Å². The first-order chi connectivity index (χ1) is 11.5. The molecule has 0 spiro atoms. The molecule has 0 N–H and O–H groups in total. The van der Waals surface area contributed by atoms with Gasteiger partial charge < -0.3 is 14.2 Å². The third-order valence-electron chi connectivity index (χ3n) is 3.57. The smallest absolute Gasteiger partial charge is 0.230 e. The van der Waals surface area contributed by atoms with Crippen molar-refractivity contribution in [2.24, 2.45) is 0 Å². The third kappa shape index (κ3) is 2.74. The van der Waals surface area contributed by atoms with Crippen LogP contribution >= 0.6 is 11.6 Å². The van der Waals surface area contributed by atoms with Gasteiger partial charge in [-0.3, -0.25) is 9.59 Å². The molecule has 0 aliphatic heterocycles. The van der Waals surface area contributed by atoms with E-state index in [4.69, 9.17) is 25.8 Å². The van der Waals surface area contributed by atoms with Crippen LogP contribution in [0.1, 0.15) is 20.7 Å². The molecule has 0 unspecified atom stereocenters. The Balaban J connectivity index is 2.03. The van der Waals surface area contributed by atoms with Crippen molar-refractivity contribution in [3.8, 4) is 17.2 Å². The number of Topliss-reactive ketones (excluding diaryl/α,β-unsaturated/α-hetero) is 2. The van der Waals surface area contributed by atoms with E-state index < -0.39 is 11.6 Å². The lowest BCUT2D eigenvalue weighted by molar-refractivity contribution is 0.0943. The molecule has 3 rings (SSSR count). The van der Waals surface area contributed by atoms with Crippen molar-refractivity contribution in [3.63, 3.8) is 0 Å². The van der Waals surface area contributed by atoms with Crippen LogP contribution in [0.15, 0.2) is 53.3 Å². The van der Waals surface area contributed by atoms with Gasteiger partial charge in [0.1, 0.15) is 22.3 Å². The molecule has 1 aliphatic rings.